The molecule has 0 fully saturated rings. The predicted molar refractivity (Wildman–Crippen MR) is 151 cm³/mol. The number of Topliss-reactive ketones (excluding diaryl/α,β-unsaturated/α-hetero) is 3. The van der Waals surface area contributed by atoms with Gasteiger partial charge in [-0.15, -0.1) is 0 Å². The van der Waals surface area contributed by atoms with Gasteiger partial charge in [-0.25, -0.2) is 8.78 Å². The van der Waals surface area contributed by atoms with Crippen LogP contribution in [-0.2, 0) is 10.2 Å². The summed E-state index contributed by atoms with van der Waals surface area (Å²) >= 11 is 0. The van der Waals surface area contributed by atoms with E-state index in [-0.39, 0.29) is 22.8 Å². The molecule has 0 spiro atoms. The van der Waals surface area contributed by atoms with Gasteiger partial charge in [0.25, 0.3) is 0 Å². The molecular weight excluding hydrogens is 514 g/mol. The Balaban J connectivity index is 0.000000230. The minimum absolute atomic E-state index is 0.238. The van der Waals surface area contributed by atoms with Crippen molar-refractivity contribution < 1.29 is 32.6 Å². The zero-order chi connectivity index (χ0) is 29.4. The van der Waals surface area contributed by atoms with Gasteiger partial charge in [0, 0.05) is 36.8 Å². The first-order valence-corrected chi connectivity index (χ1v) is 13.5. The molecule has 4 rings (SSSR count). The quantitative estimate of drug-likeness (QED) is 0.241. The number of ketones is 3. The van der Waals surface area contributed by atoms with E-state index in [0.717, 1.165) is 24.0 Å². The Bertz CT molecular complexity index is 1220. The second-order valence-electron chi connectivity index (χ2n) is 10.3. The number of halogens is 2. The summed E-state index contributed by atoms with van der Waals surface area (Å²) in [6, 6.07) is 21.4. The third kappa shape index (κ3) is 7.40. The Morgan fingerprint density at radius 1 is 0.775 bits per heavy atom. The molecular formula is C33H36F2O5. The summed E-state index contributed by atoms with van der Waals surface area (Å²) in [6.45, 7) is 8.85. The van der Waals surface area contributed by atoms with E-state index in [1.165, 1.54) is 13.8 Å². The normalized spacial score (nSPS) is 14.6. The zero-order valence-electron chi connectivity index (χ0n) is 23.6. The number of hydrogen-bond acceptors (Lipinski definition) is 5. The van der Waals surface area contributed by atoms with E-state index in [9.17, 15) is 23.2 Å². The average molecular weight is 551 g/mol. The molecule has 7 heteroatoms. The number of fused-ring (bicyclic) bond motifs is 1. The van der Waals surface area contributed by atoms with E-state index in [0.29, 0.717) is 29.0 Å². The van der Waals surface area contributed by atoms with Crippen LogP contribution in [0.2, 0.25) is 0 Å². The summed E-state index contributed by atoms with van der Waals surface area (Å²) in [5.41, 5.74) is 2.69. The van der Waals surface area contributed by atoms with Crippen LogP contribution in [0.4, 0.5) is 8.78 Å². The molecule has 5 nitrogen and oxygen atoms in total. The summed E-state index contributed by atoms with van der Waals surface area (Å²) in [5, 5.41) is 0. The zero-order valence-corrected chi connectivity index (χ0v) is 23.6. The molecule has 212 valence electrons. The molecule has 0 heterocycles. The van der Waals surface area contributed by atoms with E-state index >= 15 is 0 Å². The van der Waals surface area contributed by atoms with Crippen molar-refractivity contribution in [3.8, 4) is 11.5 Å². The number of hydrogen-bond donors (Lipinski definition) is 0. The van der Waals surface area contributed by atoms with E-state index in [1.54, 1.807) is 48.5 Å². The molecule has 40 heavy (non-hydrogen) atoms. The Morgan fingerprint density at radius 3 is 1.52 bits per heavy atom. The minimum atomic E-state index is -1.33. The highest BCUT2D eigenvalue weighted by Crippen LogP contribution is 2.33. The summed E-state index contributed by atoms with van der Waals surface area (Å²) in [5.74, 6) is -0.962. The van der Waals surface area contributed by atoms with Gasteiger partial charge in [0.1, 0.15) is 17.4 Å². The molecule has 2 unspecified atom stereocenters. The maximum absolute atomic E-state index is 12.9. The second-order valence-corrected chi connectivity index (χ2v) is 10.3. The van der Waals surface area contributed by atoms with Crippen molar-refractivity contribution in [1.29, 1.82) is 0 Å². The maximum Gasteiger partial charge on any atom is 0.235 e. The third-order valence-electron chi connectivity index (χ3n) is 6.83. The number of alkyl halides is 2. The standard InChI is InChI=1S/C19H22F2O2.C14H14O3/c1-13(20)22-17-9-5-15(6-10-17)19(3,4)16-7-11-18(12-8-16)23-14(2)21;1-2-3-8-11(15)12-13(16)9-6-4-5-7-10(9)14(12)17/h5-14H,1-4H3;4-7,12H,2-3,8H2,1H3. The van der Waals surface area contributed by atoms with Crippen LogP contribution in [0.25, 0.3) is 0 Å². The van der Waals surface area contributed by atoms with E-state index in [4.69, 9.17) is 9.47 Å². The molecule has 0 N–H and O–H groups in total. The lowest BCUT2D eigenvalue weighted by Crippen LogP contribution is -2.25. The number of unbranched alkanes of at least 4 members (excludes halogenated alkanes) is 1. The van der Waals surface area contributed by atoms with Crippen molar-refractivity contribution in [3.05, 3.63) is 95.1 Å². The van der Waals surface area contributed by atoms with Crippen LogP contribution in [0.1, 0.15) is 85.7 Å². The molecule has 2 atom stereocenters. The van der Waals surface area contributed by atoms with Crippen molar-refractivity contribution in [1.82, 2.24) is 0 Å². The van der Waals surface area contributed by atoms with Gasteiger partial charge < -0.3 is 9.47 Å². The number of carbonyl (C=O) groups excluding carboxylic acids is 3. The van der Waals surface area contributed by atoms with Gasteiger partial charge in [0.15, 0.2) is 17.3 Å². The highest BCUT2D eigenvalue weighted by molar-refractivity contribution is 6.35. The SMILES string of the molecule is CC(F)Oc1ccc(C(C)(C)c2ccc(OC(C)F)cc2)cc1.CCCCC(=O)C1C(=O)c2ccccc2C1=O. The fourth-order valence-electron chi connectivity index (χ4n) is 4.57. The number of rotatable bonds is 10. The van der Waals surface area contributed by atoms with Crippen LogP contribution in [0, 0.1) is 5.92 Å². The van der Waals surface area contributed by atoms with Gasteiger partial charge in [0.05, 0.1) is 0 Å². The Labute approximate surface area is 234 Å². The average Bonchev–Trinajstić information content (AvgIpc) is 3.17. The van der Waals surface area contributed by atoms with Gasteiger partial charge in [0.2, 0.25) is 12.7 Å². The van der Waals surface area contributed by atoms with Crippen molar-refractivity contribution in [3.63, 3.8) is 0 Å². The molecule has 3 aromatic carbocycles. The fourth-order valence-corrected chi connectivity index (χ4v) is 4.57. The van der Waals surface area contributed by atoms with Crippen LogP contribution in [-0.4, -0.2) is 30.1 Å². The summed E-state index contributed by atoms with van der Waals surface area (Å²) in [7, 11) is 0. The van der Waals surface area contributed by atoms with Crippen LogP contribution in [0.15, 0.2) is 72.8 Å². The van der Waals surface area contributed by atoms with Gasteiger partial charge in [-0.1, -0.05) is 75.7 Å². The lowest BCUT2D eigenvalue weighted by molar-refractivity contribution is -0.120. The summed E-state index contributed by atoms with van der Waals surface area (Å²) in [4.78, 5) is 35.8. The molecule has 0 radical (unpaired) electrons. The number of ether oxygens (including phenoxy) is 2. The largest absolute Gasteiger partial charge is 0.461 e. The summed E-state index contributed by atoms with van der Waals surface area (Å²) in [6.07, 6.45) is -0.745. The lowest BCUT2D eigenvalue weighted by atomic mass is 9.78. The van der Waals surface area contributed by atoms with E-state index in [2.05, 4.69) is 13.8 Å². The van der Waals surface area contributed by atoms with Gasteiger partial charge in [-0.3, -0.25) is 14.4 Å². The molecule has 0 saturated carbocycles. The first-order valence-electron chi connectivity index (χ1n) is 13.5. The topological polar surface area (TPSA) is 69.7 Å². The first kappa shape index (κ1) is 30.7. The first-order chi connectivity index (χ1) is 18.9. The smallest absolute Gasteiger partial charge is 0.235 e. The van der Waals surface area contributed by atoms with Gasteiger partial charge in [-0.2, -0.15) is 0 Å². The Morgan fingerprint density at radius 2 is 1.18 bits per heavy atom. The summed E-state index contributed by atoms with van der Waals surface area (Å²) < 4.78 is 35.8. The molecule has 0 aliphatic heterocycles. The number of benzene rings is 3. The van der Waals surface area contributed by atoms with Crippen LogP contribution in [0.5, 0.6) is 11.5 Å². The molecule has 0 bridgehead atoms. The van der Waals surface area contributed by atoms with Crippen molar-refractivity contribution in [2.75, 3.05) is 0 Å². The maximum atomic E-state index is 12.9. The molecule has 0 amide bonds. The molecule has 0 saturated heterocycles. The Kier molecular flexibility index (Phi) is 10.3. The van der Waals surface area contributed by atoms with Crippen LogP contribution < -0.4 is 9.47 Å². The van der Waals surface area contributed by atoms with Crippen LogP contribution in [0.3, 0.4) is 0 Å². The highest BCUT2D eigenvalue weighted by atomic mass is 19.1. The second kappa shape index (κ2) is 13.5. The molecule has 1 aliphatic carbocycles. The minimum Gasteiger partial charge on any atom is -0.461 e. The van der Waals surface area contributed by atoms with Crippen molar-refractivity contribution in [2.24, 2.45) is 5.92 Å². The third-order valence-corrected chi connectivity index (χ3v) is 6.83. The van der Waals surface area contributed by atoms with E-state index in [1.807, 2.05) is 31.2 Å². The molecule has 1 aliphatic rings. The predicted octanol–water partition coefficient (Wildman–Crippen LogP) is 7.84. The lowest BCUT2D eigenvalue weighted by Gasteiger charge is -2.26. The van der Waals surface area contributed by atoms with Crippen LogP contribution >= 0.6 is 0 Å². The monoisotopic (exact) mass is 550 g/mol. The number of carbonyl (C=O) groups is 3. The molecule has 3 aromatic rings. The van der Waals surface area contributed by atoms with E-state index < -0.39 is 18.6 Å². The van der Waals surface area contributed by atoms with Crippen molar-refractivity contribution >= 4 is 17.3 Å². The highest BCUT2D eigenvalue weighted by Gasteiger charge is 2.42. The Hall–Kier alpha value is -3.87. The van der Waals surface area contributed by atoms with Gasteiger partial charge >= 0.3 is 0 Å². The fraction of sp³-hybridized carbons (Fsp3) is 0.364. The van der Waals surface area contributed by atoms with Crippen molar-refractivity contribution in [2.45, 2.75) is 72.0 Å². The molecule has 0 aromatic heterocycles. The van der Waals surface area contributed by atoms with Gasteiger partial charge in [-0.05, 0) is 41.8 Å².